The summed E-state index contributed by atoms with van der Waals surface area (Å²) in [5.74, 6) is -0.837. The van der Waals surface area contributed by atoms with Crippen LogP contribution in [0.4, 0.5) is 0 Å². The Hall–Kier alpha value is -2.63. The number of carbonyl (C=O) groups is 3. The molecule has 0 aliphatic rings. The molecule has 0 N–H and O–H groups in total. The van der Waals surface area contributed by atoms with Crippen LogP contribution in [0.1, 0.15) is 400 Å². The van der Waals surface area contributed by atoms with Crippen molar-refractivity contribution in [1.29, 1.82) is 0 Å². The van der Waals surface area contributed by atoms with Crippen LogP contribution < -0.4 is 0 Å². The number of ether oxygens (including phenoxy) is 3. The molecule has 82 heavy (non-hydrogen) atoms. The van der Waals surface area contributed by atoms with Crippen LogP contribution in [0.5, 0.6) is 0 Å². The second-order valence-corrected chi connectivity index (χ2v) is 24.8. The van der Waals surface area contributed by atoms with E-state index in [1.807, 2.05) is 0 Å². The van der Waals surface area contributed by atoms with E-state index in [4.69, 9.17) is 14.2 Å². The monoisotopic (exact) mass is 1150 g/mol. The Morgan fingerprint density at radius 3 is 0.744 bits per heavy atom. The molecule has 0 aromatic heterocycles. The number of allylic oxidation sites excluding steroid dienone is 8. The molecule has 0 radical (unpaired) electrons. The van der Waals surface area contributed by atoms with Crippen LogP contribution in [0.15, 0.2) is 48.6 Å². The third-order valence-corrected chi connectivity index (χ3v) is 16.6. The molecule has 6 heteroatoms. The summed E-state index contributed by atoms with van der Waals surface area (Å²) in [6.45, 7) is 6.61. The molecule has 0 saturated heterocycles. The summed E-state index contributed by atoms with van der Waals surface area (Å²) >= 11 is 0. The molecule has 0 bridgehead atoms. The second kappa shape index (κ2) is 70.9. The summed E-state index contributed by atoms with van der Waals surface area (Å²) in [7, 11) is 0. The van der Waals surface area contributed by atoms with E-state index in [0.29, 0.717) is 19.3 Å². The molecule has 1 unspecified atom stereocenters. The minimum absolute atomic E-state index is 0.0669. The first-order chi connectivity index (χ1) is 40.5. The second-order valence-electron chi connectivity index (χ2n) is 24.8. The molecule has 0 spiro atoms. The van der Waals surface area contributed by atoms with E-state index in [2.05, 4.69) is 69.4 Å². The zero-order valence-electron chi connectivity index (χ0n) is 55.3. The normalized spacial score (nSPS) is 12.3. The van der Waals surface area contributed by atoms with E-state index in [-0.39, 0.29) is 31.1 Å². The Balaban J connectivity index is 4.24. The Morgan fingerprint density at radius 1 is 0.256 bits per heavy atom. The first-order valence-electron chi connectivity index (χ1n) is 36.6. The van der Waals surface area contributed by atoms with Gasteiger partial charge in [0.1, 0.15) is 13.2 Å². The lowest BCUT2D eigenvalue weighted by molar-refractivity contribution is -0.167. The van der Waals surface area contributed by atoms with Crippen molar-refractivity contribution in [2.45, 2.75) is 406 Å². The maximum Gasteiger partial charge on any atom is 0.306 e. The average molecular weight is 1150 g/mol. The predicted molar refractivity (Wildman–Crippen MR) is 358 cm³/mol. The highest BCUT2D eigenvalue weighted by Gasteiger charge is 2.19. The molecule has 480 valence electrons. The van der Waals surface area contributed by atoms with Crippen LogP contribution in [0.25, 0.3) is 0 Å². The van der Waals surface area contributed by atoms with E-state index >= 15 is 0 Å². The smallest absolute Gasteiger partial charge is 0.306 e. The highest BCUT2D eigenvalue weighted by Crippen LogP contribution is 2.19. The van der Waals surface area contributed by atoms with E-state index in [9.17, 15) is 14.4 Å². The lowest BCUT2D eigenvalue weighted by Gasteiger charge is -2.18. The fourth-order valence-corrected chi connectivity index (χ4v) is 11.1. The lowest BCUT2D eigenvalue weighted by atomic mass is 10.0. The maximum absolute atomic E-state index is 13.0. The number of unbranched alkanes of at least 4 members (excludes halogenated alkanes) is 49. The van der Waals surface area contributed by atoms with Gasteiger partial charge in [0, 0.05) is 19.3 Å². The summed E-state index contributed by atoms with van der Waals surface area (Å²) in [5.41, 5.74) is 0. The first-order valence-corrected chi connectivity index (χ1v) is 36.6. The Labute approximate surface area is 511 Å². The van der Waals surface area contributed by atoms with Gasteiger partial charge in [0.2, 0.25) is 0 Å². The molecule has 0 heterocycles. The van der Waals surface area contributed by atoms with Gasteiger partial charge in [-0.3, -0.25) is 14.4 Å². The van der Waals surface area contributed by atoms with Crippen molar-refractivity contribution in [3.05, 3.63) is 48.6 Å². The van der Waals surface area contributed by atoms with Crippen molar-refractivity contribution in [1.82, 2.24) is 0 Å². The van der Waals surface area contributed by atoms with Gasteiger partial charge in [0.05, 0.1) is 0 Å². The maximum atomic E-state index is 13.0. The van der Waals surface area contributed by atoms with Crippen LogP contribution >= 0.6 is 0 Å². The van der Waals surface area contributed by atoms with Crippen molar-refractivity contribution in [3.8, 4) is 0 Å². The molecule has 0 saturated carbocycles. The van der Waals surface area contributed by atoms with Gasteiger partial charge in [0.25, 0.3) is 0 Å². The molecule has 0 aliphatic heterocycles. The summed E-state index contributed by atoms with van der Waals surface area (Å²) in [6, 6.07) is 0. The third kappa shape index (κ3) is 68.2. The molecule has 0 fully saturated rings. The van der Waals surface area contributed by atoms with Crippen molar-refractivity contribution >= 4 is 17.9 Å². The van der Waals surface area contributed by atoms with Gasteiger partial charge >= 0.3 is 17.9 Å². The summed E-state index contributed by atoms with van der Waals surface area (Å²) in [6.07, 6.45) is 90.0. The van der Waals surface area contributed by atoms with Gasteiger partial charge in [-0.15, -0.1) is 0 Å². The average Bonchev–Trinajstić information content (AvgIpc) is 3.47. The van der Waals surface area contributed by atoms with Crippen LogP contribution in [0.2, 0.25) is 0 Å². The van der Waals surface area contributed by atoms with E-state index in [0.717, 1.165) is 83.5 Å². The molecule has 0 aromatic carbocycles. The van der Waals surface area contributed by atoms with Crippen LogP contribution in [-0.2, 0) is 28.6 Å². The molecule has 0 rings (SSSR count). The standard InChI is InChI=1S/C76H140O6/c1-4-7-10-13-16-19-22-25-28-30-32-34-36-38-40-42-44-46-48-51-54-57-60-63-66-69-75(78)81-72-73(71-80-74(77)68-65-62-59-56-53-50-27-24-21-18-15-12-9-6-3)82-76(79)70-67-64-61-58-55-52-49-47-45-43-41-39-37-35-33-31-29-26-23-20-17-14-11-8-5-2/h7,10,16,19,25,28,32,34,73H,4-6,8-9,11-15,17-18,20-24,26-27,29-31,33,35-72H2,1-3H3/b10-7-,19-16-,28-25-,34-32-. The van der Waals surface area contributed by atoms with E-state index in [1.54, 1.807) is 0 Å². The predicted octanol–water partition coefficient (Wildman–Crippen LogP) is 25.3. The number of esters is 3. The number of hydrogen-bond donors (Lipinski definition) is 0. The minimum atomic E-state index is -0.771. The Morgan fingerprint density at radius 2 is 0.476 bits per heavy atom. The van der Waals surface area contributed by atoms with Gasteiger partial charge in [-0.2, -0.15) is 0 Å². The summed E-state index contributed by atoms with van der Waals surface area (Å²) in [5, 5.41) is 0. The van der Waals surface area contributed by atoms with Gasteiger partial charge < -0.3 is 14.2 Å². The van der Waals surface area contributed by atoms with Crippen LogP contribution in [-0.4, -0.2) is 37.2 Å². The van der Waals surface area contributed by atoms with Crippen molar-refractivity contribution in [3.63, 3.8) is 0 Å². The Bertz CT molecular complexity index is 1410. The molecular formula is C76H140O6. The number of carbonyl (C=O) groups excluding carboxylic acids is 3. The van der Waals surface area contributed by atoms with Crippen LogP contribution in [0.3, 0.4) is 0 Å². The highest BCUT2D eigenvalue weighted by atomic mass is 16.6. The summed E-state index contributed by atoms with van der Waals surface area (Å²) < 4.78 is 17.0. The fraction of sp³-hybridized carbons (Fsp3) is 0.855. The molecule has 0 aromatic rings. The Kier molecular flexibility index (Phi) is 68.6. The third-order valence-electron chi connectivity index (χ3n) is 16.6. The van der Waals surface area contributed by atoms with Gasteiger partial charge in [0.15, 0.2) is 6.10 Å². The molecule has 1 atom stereocenters. The molecule has 0 aliphatic carbocycles. The zero-order chi connectivity index (χ0) is 59.2. The topological polar surface area (TPSA) is 78.9 Å². The summed E-state index contributed by atoms with van der Waals surface area (Å²) in [4.78, 5) is 38.5. The first kappa shape index (κ1) is 79.4. The number of hydrogen-bond acceptors (Lipinski definition) is 6. The molecule has 6 nitrogen and oxygen atoms in total. The quantitative estimate of drug-likeness (QED) is 0.0261. The van der Waals surface area contributed by atoms with Crippen molar-refractivity contribution in [2.75, 3.05) is 13.2 Å². The van der Waals surface area contributed by atoms with Gasteiger partial charge in [-0.25, -0.2) is 0 Å². The SMILES string of the molecule is CC/C=C\C/C=C\C/C=C\C/C=C\CCCCCCCCCCCCCCC(=O)OCC(COC(=O)CCCCCCCCCCCCCCCC)OC(=O)CCCCCCCCCCCCCCCCCCCCCCCCCCC. The number of rotatable bonds is 68. The van der Waals surface area contributed by atoms with Crippen molar-refractivity contribution < 1.29 is 28.6 Å². The van der Waals surface area contributed by atoms with Gasteiger partial charge in [-0.1, -0.05) is 371 Å². The van der Waals surface area contributed by atoms with Crippen LogP contribution in [0, 0.1) is 0 Å². The van der Waals surface area contributed by atoms with E-state index < -0.39 is 6.10 Å². The van der Waals surface area contributed by atoms with E-state index in [1.165, 1.54) is 276 Å². The highest BCUT2D eigenvalue weighted by molar-refractivity contribution is 5.71. The minimum Gasteiger partial charge on any atom is -0.462 e. The van der Waals surface area contributed by atoms with Crippen molar-refractivity contribution in [2.24, 2.45) is 0 Å². The van der Waals surface area contributed by atoms with Gasteiger partial charge in [-0.05, 0) is 57.8 Å². The zero-order valence-corrected chi connectivity index (χ0v) is 55.3. The molecular weight excluding hydrogens is 1010 g/mol. The largest absolute Gasteiger partial charge is 0.462 e. The molecule has 0 amide bonds. The lowest BCUT2D eigenvalue weighted by Crippen LogP contribution is -2.30. The fourth-order valence-electron chi connectivity index (χ4n) is 11.1.